The highest BCUT2D eigenvalue weighted by atomic mass is 32.2. The van der Waals surface area contributed by atoms with Gasteiger partial charge >= 0.3 is 0 Å². The molecular formula is C22H25N3O3S2. The van der Waals surface area contributed by atoms with E-state index in [2.05, 4.69) is 37.0 Å². The highest BCUT2D eigenvalue weighted by Gasteiger charge is 2.35. The number of hydrogen-bond acceptors (Lipinski definition) is 4. The van der Waals surface area contributed by atoms with Crippen LogP contribution in [0.4, 0.5) is 0 Å². The second-order valence-electron chi connectivity index (χ2n) is 8.02. The van der Waals surface area contributed by atoms with Gasteiger partial charge in [-0.3, -0.25) is 4.79 Å². The summed E-state index contributed by atoms with van der Waals surface area (Å²) in [5.74, 6) is 0.0401. The Balaban J connectivity index is 1.63. The van der Waals surface area contributed by atoms with Gasteiger partial charge in [0, 0.05) is 25.7 Å². The van der Waals surface area contributed by atoms with Crippen molar-refractivity contribution >= 4 is 37.5 Å². The Morgan fingerprint density at radius 3 is 2.43 bits per heavy atom. The lowest BCUT2D eigenvalue weighted by atomic mass is 10.0. The Bertz CT molecular complexity index is 1280. The van der Waals surface area contributed by atoms with Crippen LogP contribution in [0.3, 0.4) is 0 Å². The van der Waals surface area contributed by atoms with Crippen molar-refractivity contribution in [1.29, 1.82) is 0 Å². The van der Waals surface area contributed by atoms with Gasteiger partial charge in [0.2, 0.25) is 10.0 Å². The molecule has 2 aromatic carbocycles. The number of hydrogen-bond donors (Lipinski definition) is 0. The van der Waals surface area contributed by atoms with Gasteiger partial charge in [0.15, 0.2) is 4.80 Å². The minimum atomic E-state index is -3.52. The fourth-order valence-corrected chi connectivity index (χ4v) is 5.82. The number of carbonyl (C=O) groups is 1. The summed E-state index contributed by atoms with van der Waals surface area (Å²) in [5.41, 5.74) is 2.64. The smallest absolute Gasteiger partial charge is 0.279 e. The molecule has 8 heteroatoms. The molecule has 1 saturated carbocycles. The summed E-state index contributed by atoms with van der Waals surface area (Å²) in [7, 11) is -0.0260. The van der Waals surface area contributed by atoms with Crippen LogP contribution >= 0.6 is 11.3 Å². The van der Waals surface area contributed by atoms with E-state index in [1.165, 1.54) is 45.5 Å². The lowest BCUT2D eigenvalue weighted by Gasteiger charge is -2.16. The first kappa shape index (κ1) is 21.0. The molecule has 1 heterocycles. The zero-order chi connectivity index (χ0) is 21.6. The number of aromatic nitrogens is 1. The van der Waals surface area contributed by atoms with Crippen LogP contribution < -0.4 is 4.80 Å². The van der Waals surface area contributed by atoms with Crippen molar-refractivity contribution in [2.75, 3.05) is 7.05 Å². The molecule has 1 aromatic heterocycles. The molecule has 0 atom stereocenters. The molecule has 0 unspecified atom stereocenters. The van der Waals surface area contributed by atoms with Gasteiger partial charge in [0.25, 0.3) is 5.91 Å². The van der Waals surface area contributed by atoms with Crippen LogP contribution in [0.5, 0.6) is 0 Å². The van der Waals surface area contributed by atoms with Crippen LogP contribution in [-0.4, -0.2) is 36.3 Å². The van der Waals surface area contributed by atoms with Crippen molar-refractivity contribution < 1.29 is 13.2 Å². The number of aryl methyl sites for hydroxylation is 1. The first-order chi connectivity index (χ1) is 14.2. The molecule has 0 aliphatic heterocycles. The van der Waals surface area contributed by atoms with Crippen molar-refractivity contribution in [3.05, 3.63) is 58.4 Å². The van der Waals surface area contributed by atoms with Gasteiger partial charge < -0.3 is 4.57 Å². The molecule has 30 heavy (non-hydrogen) atoms. The predicted molar refractivity (Wildman–Crippen MR) is 119 cm³/mol. The standard InChI is InChI=1S/C22H25N3O3S2/c1-14(2)16-7-12-19-20(13-16)29-22(24(19)3)23-21(26)15-5-10-18(11-6-15)30(27,28)25(4)17-8-9-17/h5-7,10-14,17H,8-9H2,1-4H3. The molecule has 6 nitrogen and oxygen atoms in total. The molecule has 158 valence electrons. The molecule has 1 fully saturated rings. The largest absolute Gasteiger partial charge is 0.319 e. The van der Waals surface area contributed by atoms with E-state index in [0.717, 1.165) is 23.1 Å². The van der Waals surface area contributed by atoms with Crippen molar-refractivity contribution in [1.82, 2.24) is 8.87 Å². The summed E-state index contributed by atoms with van der Waals surface area (Å²) >= 11 is 1.47. The van der Waals surface area contributed by atoms with Crippen molar-refractivity contribution in [2.45, 2.75) is 43.5 Å². The Morgan fingerprint density at radius 1 is 1.17 bits per heavy atom. The van der Waals surface area contributed by atoms with Gasteiger partial charge in [-0.15, -0.1) is 0 Å². The average Bonchev–Trinajstić information content (AvgIpc) is 3.52. The van der Waals surface area contributed by atoms with E-state index in [0.29, 0.717) is 16.3 Å². The molecule has 0 saturated heterocycles. The Labute approximate surface area is 180 Å². The van der Waals surface area contributed by atoms with E-state index in [1.54, 1.807) is 7.05 Å². The number of sulfonamides is 1. The molecule has 4 rings (SSSR count). The Morgan fingerprint density at radius 2 is 1.83 bits per heavy atom. The molecule has 0 spiro atoms. The van der Waals surface area contributed by atoms with Gasteiger partial charge in [-0.1, -0.05) is 31.3 Å². The number of amides is 1. The van der Waals surface area contributed by atoms with Crippen LogP contribution in [0.2, 0.25) is 0 Å². The fourth-order valence-electron chi connectivity index (χ4n) is 3.34. The first-order valence-corrected chi connectivity index (χ1v) is 12.2. The molecule has 0 bridgehead atoms. The highest BCUT2D eigenvalue weighted by Crippen LogP contribution is 2.30. The Hall–Kier alpha value is -2.29. The second kappa shape index (κ2) is 7.76. The van der Waals surface area contributed by atoms with Crippen LogP contribution in [0, 0.1) is 0 Å². The van der Waals surface area contributed by atoms with Gasteiger partial charge in [0.1, 0.15) is 0 Å². The van der Waals surface area contributed by atoms with Crippen LogP contribution in [-0.2, 0) is 17.1 Å². The van der Waals surface area contributed by atoms with E-state index in [-0.39, 0.29) is 16.8 Å². The van der Waals surface area contributed by atoms with E-state index >= 15 is 0 Å². The third kappa shape index (κ3) is 3.87. The summed E-state index contributed by atoms with van der Waals surface area (Å²) in [6, 6.07) is 12.4. The summed E-state index contributed by atoms with van der Waals surface area (Å²) in [6.45, 7) is 4.30. The lowest BCUT2D eigenvalue weighted by Crippen LogP contribution is -2.28. The maximum atomic E-state index is 12.7. The third-order valence-electron chi connectivity index (χ3n) is 5.54. The van der Waals surface area contributed by atoms with Crippen molar-refractivity contribution in [3.8, 4) is 0 Å². The zero-order valence-corrected chi connectivity index (χ0v) is 19.1. The third-order valence-corrected chi connectivity index (χ3v) is 8.56. The minimum Gasteiger partial charge on any atom is -0.319 e. The van der Waals surface area contributed by atoms with E-state index in [4.69, 9.17) is 0 Å². The molecule has 3 aromatic rings. The summed E-state index contributed by atoms with van der Waals surface area (Å²) < 4.78 is 29.6. The summed E-state index contributed by atoms with van der Waals surface area (Å²) in [6.07, 6.45) is 1.80. The number of fused-ring (bicyclic) bond motifs is 1. The number of nitrogens with zero attached hydrogens (tertiary/aromatic N) is 3. The highest BCUT2D eigenvalue weighted by molar-refractivity contribution is 7.89. The number of rotatable bonds is 5. The van der Waals surface area contributed by atoms with E-state index in [9.17, 15) is 13.2 Å². The normalized spacial score (nSPS) is 15.5. The SMILES string of the molecule is CC(C)c1ccc2c(c1)sc(=NC(=O)c1ccc(S(=O)(=O)N(C)C3CC3)cc1)n2C. The number of carbonyl (C=O) groups excluding carboxylic acids is 1. The van der Waals surface area contributed by atoms with Gasteiger partial charge in [0.05, 0.1) is 15.1 Å². The molecule has 0 radical (unpaired) electrons. The van der Waals surface area contributed by atoms with Gasteiger partial charge in [-0.25, -0.2) is 8.42 Å². The molecule has 1 aliphatic carbocycles. The Kier molecular flexibility index (Phi) is 5.42. The maximum Gasteiger partial charge on any atom is 0.279 e. The second-order valence-corrected chi connectivity index (χ2v) is 11.0. The average molecular weight is 444 g/mol. The summed E-state index contributed by atoms with van der Waals surface area (Å²) in [4.78, 5) is 17.8. The summed E-state index contributed by atoms with van der Waals surface area (Å²) in [5, 5.41) is 0. The topological polar surface area (TPSA) is 71.7 Å². The van der Waals surface area contributed by atoms with Crippen molar-refractivity contribution in [3.63, 3.8) is 0 Å². The first-order valence-electron chi connectivity index (χ1n) is 9.95. The molecule has 1 amide bonds. The predicted octanol–water partition coefficient (Wildman–Crippen LogP) is 3.89. The van der Waals surface area contributed by atoms with Gasteiger partial charge in [-0.05, 0) is 60.7 Å². The monoisotopic (exact) mass is 443 g/mol. The molecule has 0 N–H and O–H groups in total. The number of benzene rings is 2. The quantitative estimate of drug-likeness (QED) is 0.601. The van der Waals surface area contributed by atoms with Crippen LogP contribution in [0.25, 0.3) is 10.2 Å². The molecule has 1 aliphatic rings. The van der Waals surface area contributed by atoms with Gasteiger partial charge in [-0.2, -0.15) is 9.30 Å². The van der Waals surface area contributed by atoms with Crippen LogP contribution in [0.1, 0.15) is 48.5 Å². The van der Waals surface area contributed by atoms with Crippen molar-refractivity contribution in [2.24, 2.45) is 12.0 Å². The molecular weight excluding hydrogens is 418 g/mol. The maximum absolute atomic E-state index is 12.7. The zero-order valence-electron chi connectivity index (χ0n) is 17.5. The van der Waals surface area contributed by atoms with E-state index in [1.807, 2.05) is 11.6 Å². The van der Waals surface area contributed by atoms with E-state index < -0.39 is 10.0 Å². The number of thiazole rings is 1. The lowest BCUT2D eigenvalue weighted by molar-refractivity contribution is 0.0998. The minimum absolute atomic E-state index is 0.0930. The fraction of sp³-hybridized carbons (Fsp3) is 0.364. The van der Waals surface area contributed by atoms with Crippen LogP contribution in [0.15, 0.2) is 52.4 Å².